The molecule has 1 unspecified atom stereocenters. The Morgan fingerprint density at radius 1 is 1.17 bits per heavy atom. The predicted octanol–water partition coefficient (Wildman–Crippen LogP) is 2.53. The van der Waals surface area contributed by atoms with Gasteiger partial charge in [-0.25, -0.2) is 0 Å². The van der Waals surface area contributed by atoms with E-state index in [0.29, 0.717) is 0 Å². The van der Waals surface area contributed by atoms with Crippen LogP contribution < -0.4 is 11.1 Å². The summed E-state index contributed by atoms with van der Waals surface area (Å²) < 4.78 is 0. The van der Waals surface area contributed by atoms with E-state index in [0.717, 1.165) is 0 Å². The monoisotopic (exact) mass is 248 g/mol. The molecule has 0 aliphatic heterocycles. The lowest BCUT2D eigenvalue weighted by Crippen LogP contribution is -2.51. The van der Waals surface area contributed by atoms with E-state index >= 15 is 0 Å². The van der Waals surface area contributed by atoms with Crippen molar-refractivity contribution in [2.75, 3.05) is 0 Å². The average molecular weight is 248 g/mol. The van der Waals surface area contributed by atoms with Crippen molar-refractivity contribution < 1.29 is 4.79 Å². The van der Waals surface area contributed by atoms with Crippen LogP contribution >= 0.6 is 0 Å². The number of nitrogens with one attached hydrogen (secondary N) is 1. The average Bonchev–Trinajstić information content (AvgIpc) is 2.22. The Kier molecular flexibility index (Phi) is 4.17. The number of hydrogen-bond donors (Lipinski definition) is 2. The first-order valence-corrected chi connectivity index (χ1v) is 6.30. The van der Waals surface area contributed by atoms with Crippen LogP contribution in [0.4, 0.5) is 0 Å². The van der Waals surface area contributed by atoms with E-state index < -0.39 is 5.54 Å². The molecule has 3 N–H and O–H groups in total. The molecule has 0 spiro atoms. The standard InChI is InChI=1S/C15H24N2O/c1-9-7-11(3)13(8-10(9)2)12(4)17-15(5,6)14(16)18/h7-8,12,17H,1-6H3,(H2,16,18). The molecule has 1 aromatic rings. The Balaban J connectivity index is 3.01. The molecule has 0 saturated carbocycles. The van der Waals surface area contributed by atoms with Crippen LogP contribution in [0.3, 0.4) is 0 Å². The van der Waals surface area contributed by atoms with Crippen molar-refractivity contribution >= 4 is 5.91 Å². The Morgan fingerprint density at radius 2 is 1.67 bits per heavy atom. The minimum atomic E-state index is -0.704. The van der Waals surface area contributed by atoms with Crippen molar-refractivity contribution in [3.05, 3.63) is 34.4 Å². The van der Waals surface area contributed by atoms with E-state index in [1.165, 1.54) is 22.3 Å². The fourth-order valence-electron chi connectivity index (χ4n) is 2.14. The molecule has 18 heavy (non-hydrogen) atoms. The van der Waals surface area contributed by atoms with E-state index in [4.69, 9.17) is 5.73 Å². The second kappa shape index (κ2) is 5.11. The van der Waals surface area contributed by atoms with Crippen LogP contribution in [0.5, 0.6) is 0 Å². The summed E-state index contributed by atoms with van der Waals surface area (Å²) in [6.07, 6.45) is 0. The summed E-state index contributed by atoms with van der Waals surface area (Å²) in [6, 6.07) is 4.45. The minimum Gasteiger partial charge on any atom is -0.368 e. The number of carbonyl (C=O) groups is 1. The topological polar surface area (TPSA) is 55.1 Å². The molecule has 0 bridgehead atoms. The molecular formula is C15H24N2O. The quantitative estimate of drug-likeness (QED) is 0.860. The van der Waals surface area contributed by atoms with Crippen LogP contribution in [0.25, 0.3) is 0 Å². The van der Waals surface area contributed by atoms with Gasteiger partial charge in [-0.05, 0) is 63.8 Å². The number of hydrogen-bond acceptors (Lipinski definition) is 2. The zero-order valence-electron chi connectivity index (χ0n) is 12.2. The molecule has 1 amide bonds. The second-order valence-corrected chi connectivity index (χ2v) is 5.65. The minimum absolute atomic E-state index is 0.0896. The summed E-state index contributed by atoms with van der Waals surface area (Å²) in [6.45, 7) is 12.0. The van der Waals surface area contributed by atoms with Crippen LogP contribution in [-0.4, -0.2) is 11.4 Å². The third kappa shape index (κ3) is 3.10. The maximum atomic E-state index is 11.4. The molecule has 0 radical (unpaired) electrons. The Labute approximate surface area is 110 Å². The van der Waals surface area contributed by atoms with Crippen LogP contribution in [0.15, 0.2) is 12.1 Å². The van der Waals surface area contributed by atoms with Crippen LogP contribution in [0.1, 0.15) is 49.1 Å². The van der Waals surface area contributed by atoms with Crippen molar-refractivity contribution in [1.82, 2.24) is 5.32 Å². The third-order valence-electron chi connectivity index (χ3n) is 3.54. The largest absolute Gasteiger partial charge is 0.368 e. The van der Waals surface area contributed by atoms with Gasteiger partial charge in [0, 0.05) is 6.04 Å². The van der Waals surface area contributed by atoms with Crippen molar-refractivity contribution in [2.24, 2.45) is 5.73 Å². The molecule has 1 rings (SSSR count). The zero-order chi connectivity index (χ0) is 14.1. The Bertz CT molecular complexity index is 464. The third-order valence-corrected chi connectivity index (χ3v) is 3.54. The molecule has 0 aliphatic rings. The number of carbonyl (C=O) groups excluding carboxylic acids is 1. The zero-order valence-corrected chi connectivity index (χ0v) is 12.2. The highest BCUT2D eigenvalue weighted by Gasteiger charge is 2.27. The summed E-state index contributed by atoms with van der Waals surface area (Å²) in [5.41, 5.74) is 9.69. The van der Waals surface area contributed by atoms with E-state index in [-0.39, 0.29) is 11.9 Å². The number of nitrogens with two attached hydrogens (primary N) is 1. The Hall–Kier alpha value is -1.35. The van der Waals surface area contributed by atoms with Crippen LogP contribution in [0, 0.1) is 20.8 Å². The summed E-state index contributed by atoms with van der Waals surface area (Å²) in [5, 5.41) is 3.28. The lowest BCUT2D eigenvalue weighted by molar-refractivity contribution is -0.123. The van der Waals surface area contributed by atoms with Gasteiger partial charge in [0.05, 0.1) is 5.54 Å². The van der Waals surface area contributed by atoms with Crippen molar-refractivity contribution in [3.63, 3.8) is 0 Å². The maximum Gasteiger partial charge on any atom is 0.237 e. The van der Waals surface area contributed by atoms with Gasteiger partial charge in [0.2, 0.25) is 5.91 Å². The van der Waals surface area contributed by atoms with E-state index in [1.54, 1.807) is 0 Å². The molecule has 0 aromatic heterocycles. The van der Waals surface area contributed by atoms with Crippen molar-refractivity contribution in [1.29, 1.82) is 0 Å². The van der Waals surface area contributed by atoms with Crippen molar-refractivity contribution in [2.45, 2.75) is 53.1 Å². The van der Waals surface area contributed by atoms with Gasteiger partial charge in [-0.2, -0.15) is 0 Å². The summed E-state index contributed by atoms with van der Waals surface area (Å²) in [7, 11) is 0. The first-order valence-electron chi connectivity index (χ1n) is 6.30. The first-order chi connectivity index (χ1) is 8.15. The van der Waals surface area contributed by atoms with Crippen molar-refractivity contribution in [3.8, 4) is 0 Å². The highest BCUT2D eigenvalue weighted by Crippen LogP contribution is 2.23. The van der Waals surface area contributed by atoms with Gasteiger partial charge in [-0.1, -0.05) is 12.1 Å². The number of amides is 1. The summed E-state index contributed by atoms with van der Waals surface area (Å²) in [5.74, 6) is -0.337. The van der Waals surface area contributed by atoms with E-state index in [1.807, 2.05) is 13.8 Å². The summed E-state index contributed by atoms with van der Waals surface area (Å²) >= 11 is 0. The maximum absolute atomic E-state index is 11.4. The molecule has 0 fully saturated rings. The first kappa shape index (κ1) is 14.7. The van der Waals surface area contributed by atoms with Crippen LogP contribution in [0.2, 0.25) is 0 Å². The fraction of sp³-hybridized carbons (Fsp3) is 0.533. The van der Waals surface area contributed by atoms with Gasteiger partial charge < -0.3 is 5.73 Å². The molecular weight excluding hydrogens is 224 g/mol. The van der Waals surface area contributed by atoms with Gasteiger partial charge in [0.25, 0.3) is 0 Å². The number of rotatable bonds is 4. The highest BCUT2D eigenvalue weighted by molar-refractivity contribution is 5.83. The molecule has 0 aliphatic carbocycles. The van der Waals surface area contributed by atoms with Gasteiger partial charge in [0.1, 0.15) is 0 Å². The van der Waals surface area contributed by atoms with Gasteiger partial charge in [0.15, 0.2) is 0 Å². The number of benzene rings is 1. The molecule has 1 aromatic carbocycles. The molecule has 1 atom stereocenters. The molecule has 3 nitrogen and oxygen atoms in total. The number of aryl methyl sites for hydroxylation is 3. The predicted molar refractivity (Wildman–Crippen MR) is 75.5 cm³/mol. The molecule has 0 heterocycles. The second-order valence-electron chi connectivity index (χ2n) is 5.65. The highest BCUT2D eigenvalue weighted by atomic mass is 16.1. The normalized spacial score (nSPS) is 13.4. The fourth-order valence-corrected chi connectivity index (χ4v) is 2.14. The smallest absolute Gasteiger partial charge is 0.237 e. The van der Waals surface area contributed by atoms with Crippen LogP contribution in [-0.2, 0) is 4.79 Å². The van der Waals surface area contributed by atoms with Gasteiger partial charge in [-0.3, -0.25) is 10.1 Å². The Morgan fingerprint density at radius 3 is 2.17 bits per heavy atom. The lowest BCUT2D eigenvalue weighted by atomic mass is 9.94. The van der Waals surface area contributed by atoms with E-state index in [9.17, 15) is 4.79 Å². The SMILES string of the molecule is Cc1cc(C)c(C(C)NC(C)(C)C(N)=O)cc1C. The molecule has 3 heteroatoms. The number of primary amides is 1. The summed E-state index contributed by atoms with van der Waals surface area (Å²) in [4.78, 5) is 11.4. The van der Waals surface area contributed by atoms with Gasteiger partial charge in [-0.15, -0.1) is 0 Å². The molecule has 100 valence electrons. The van der Waals surface area contributed by atoms with Gasteiger partial charge >= 0.3 is 0 Å². The van der Waals surface area contributed by atoms with E-state index in [2.05, 4.69) is 45.1 Å². The molecule has 0 saturated heterocycles. The lowest BCUT2D eigenvalue weighted by Gasteiger charge is -2.28.